The average molecular weight is 276 g/mol. The van der Waals surface area contributed by atoms with E-state index in [1.54, 1.807) is 0 Å². The molecule has 1 aromatic carbocycles. The summed E-state index contributed by atoms with van der Waals surface area (Å²) in [7, 11) is 0. The zero-order valence-corrected chi connectivity index (χ0v) is 11.3. The molecule has 4 N–H and O–H groups in total. The summed E-state index contributed by atoms with van der Waals surface area (Å²) in [6, 6.07) is 8.22. The molecule has 1 aliphatic carbocycles. The Morgan fingerprint density at radius 1 is 1.30 bits per heavy atom. The van der Waals surface area contributed by atoms with E-state index >= 15 is 0 Å². The van der Waals surface area contributed by atoms with Crippen molar-refractivity contribution in [3.63, 3.8) is 0 Å². The number of carbonyl (C=O) groups excluding carboxylic acids is 1. The Labute approximate surface area is 118 Å². The number of carboxylic acids is 1. The molecule has 1 fully saturated rings. The Balaban J connectivity index is 1.99. The van der Waals surface area contributed by atoms with Crippen molar-refractivity contribution in [2.75, 3.05) is 0 Å². The molecule has 108 valence electrons. The molecule has 1 saturated carbocycles. The summed E-state index contributed by atoms with van der Waals surface area (Å²) in [5.74, 6) is -1.51. The summed E-state index contributed by atoms with van der Waals surface area (Å²) in [4.78, 5) is 23.4. The van der Waals surface area contributed by atoms with Crippen LogP contribution in [0.4, 0.5) is 0 Å². The molecule has 0 heterocycles. The molecule has 2 rings (SSSR count). The van der Waals surface area contributed by atoms with Crippen molar-refractivity contribution >= 4 is 11.9 Å². The minimum atomic E-state index is -1.02. The lowest BCUT2D eigenvalue weighted by Crippen LogP contribution is -2.47. The highest BCUT2D eigenvalue weighted by atomic mass is 16.4. The van der Waals surface area contributed by atoms with Crippen LogP contribution in [0.5, 0.6) is 0 Å². The first-order chi connectivity index (χ1) is 9.58. The normalized spacial score (nSPS) is 23.2. The Hall–Kier alpha value is -1.88. The summed E-state index contributed by atoms with van der Waals surface area (Å²) in [6.07, 6.45) is 2.78. The number of carboxylic acid groups (broad SMARTS) is 1. The predicted molar refractivity (Wildman–Crippen MR) is 75.0 cm³/mol. The molecular formula is C15H20N2O3. The van der Waals surface area contributed by atoms with Gasteiger partial charge in [-0.1, -0.05) is 36.8 Å². The fraction of sp³-hybridized carbons (Fsp3) is 0.467. The van der Waals surface area contributed by atoms with Crippen LogP contribution in [0.2, 0.25) is 0 Å². The summed E-state index contributed by atoms with van der Waals surface area (Å²) in [5, 5.41) is 11.9. The smallest absolute Gasteiger partial charge is 0.326 e. The zero-order chi connectivity index (χ0) is 14.5. The maximum Gasteiger partial charge on any atom is 0.326 e. The molecule has 0 saturated heterocycles. The van der Waals surface area contributed by atoms with Crippen molar-refractivity contribution in [3.05, 3.63) is 35.9 Å². The molecule has 1 aliphatic rings. The van der Waals surface area contributed by atoms with Crippen molar-refractivity contribution in [1.82, 2.24) is 5.32 Å². The van der Waals surface area contributed by atoms with E-state index < -0.39 is 12.0 Å². The first kappa shape index (κ1) is 14.5. The van der Waals surface area contributed by atoms with E-state index in [-0.39, 0.29) is 24.3 Å². The second-order valence-corrected chi connectivity index (χ2v) is 5.29. The van der Waals surface area contributed by atoms with E-state index in [4.69, 9.17) is 5.73 Å². The lowest BCUT2D eigenvalue weighted by Gasteiger charge is -2.19. The Kier molecular flexibility index (Phi) is 4.74. The van der Waals surface area contributed by atoms with Crippen molar-refractivity contribution in [3.8, 4) is 0 Å². The van der Waals surface area contributed by atoms with Crippen LogP contribution in [-0.2, 0) is 16.0 Å². The van der Waals surface area contributed by atoms with Crippen LogP contribution in [0, 0.1) is 5.92 Å². The molecule has 1 amide bonds. The third-order valence-corrected chi connectivity index (χ3v) is 3.80. The Morgan fingerprint density at radius 2 is 2.00 bits per heavy atom. The van der Waals surface area contributed by atoms with Crippen LogP contribution in [-0.4, -0.2) is 29.1 Å². The number of nitrogens with one attached hydrogen (secondary N) is 1. The van der Waals surface area contributed by atoms with Gasteiger partial charge in [0.1, 0.15) is 6.04 Å². The van der Waals surface area contributed by atoms with E-state index in [9.17, 15) is 14.7 Å². The van der Waals surface area contributed by atoms with Crippen LogP contribution in [0.3, 0.4) is 0 Å². The molecular weight excluding hydrogens is 256 g/mol. The van der Waals surface area contributed by atoms with Gasteiger partial charge >= 0.3 is 5.97 Å². The second kappa shape index (κ2) is 6.52. The molecule has 0 spiro atoms. The number of hydrogen-bond acceptors (Lipinski definition) is 3. The molecule has 3 unspecified atom stereocenters. The third kappa shape index (κ3) is 3.57. The molecule has 0 aliphatic heterocycles. The van der Waals surface area contributed by atoms with Gasteiger partial charge in [0, 0.05) is 12.5 Å². The summed E-state index contributed by atoms with van der Waals surface area (Å²) in [6.45, 7) is 0. The maximum absolute atomic E-state index is 12.1. The van der Waals surface area contributed by atoms with E-state index in [1.807, 2.05) is 30.3 Å². The van der Waals surface area contributed by atoms with Crippen molar-refractivity contribution in [1.29, 1.82) is 0 Å². The van der Waals surface area contributed by atoms with Crippen LogP contribution < -0.4 is 11.1 Å². The zero-order valence-electron chi connectivity index (χ0n) is 11.3. The average Bonchev–Trinajstić information content (AvgIpc) is 2.85. The summed E-state index contributed by atoms with van der Waals surface area (Å²) >= 11 is 0. The number of carbonyl (C=O) groups is 2. The fourth-order valence-corrected chi connectivity index (χ4v) is 2.64. The van der Waals surface area contributed by atoms with Crippen molar-refractivity contribution < 1.29 is 14.7 Å². The molecule has 0 radical (unpaired) electrons. The standard InChI is InChI=1S/C15H20N2O3/c16-12-8-4-7-11(12)14(18)17-13(15(19)20)9-10-5-2-1-3-6-10/h1-3,5-6,11-13H,4,7-9,16H2,(H,17,18)(H,19,20). The van der Waals surface area contributed by atoms with Crippen molar-refractivity contribution in [2.24, 2.45) is 11.7 Å². The lowest BCUT2D eigenvalue weighted by atomic mass is 10.0. The monoisotopic (exact) mass is 276 g/mol. The Bertz CT molecular complexity index is 475. The molecule has 0 bridgehead atoms. The molecule has 0 aromatic heterocycles. The topological polar surface area (TPSA) is 92.4 Å². The Morgan fingerprint density at radius 3 is 2.55 bits per heavy atom. The number of amides is 1. The first-order valence-electron chi connectivity index (χ1n) is 6.90. The lowest BCUT2D eigenvalue weighted by molar-refractivity contribution is -0.142. The van der Waals surface area contributed by atoms with E-state index in [1.165, 1.54) is 0 Å². The van der Waals surface area contributed by atoms with Gasteiger partial charge in [0.2, 0.25) is 5.91 Å². The van der Waals surface area contributed by atoms with Gasteiger partial charge in [0.15, 0.2) is 0 Å². The summed E-state index contributed by atoms with van der Waals surface area (Å²) < 4.78 is 0. The number of benzene rings is 1. The highest BCUT2D eigenvalue weighted by Crippen LogP contribution is 2.24. The van der Waals surface area contributed by atoms with Gasteiger partial charge in [-0.15, -0.1) is 0 Å². The quantitative estimate of drug-likeness (QED) is 0.746. The second-order valence-electron chi connectivity index (χ2n) is 5.29. The highest BCUT2D eigenvalue weighted by molar-refractivity contribution is 5.85. The van der Waals surface area contributed by atoms with Crippen molar-refractivity contribution in [2.45, 2.75) is 37.8 Å². The van der Waals surface area contributed by atoms with Gasteiger partial charge in [-0.05, 0) is 18.4 Å². The van der Waals surface area contributed by atoms with Crippen LogP contribution in [0.1, 0.15) is 24.8 Å². The van der Waals surface area contributed by atoms with E-state index in [0.29, 0.717) is 0 Å². The van der Waals surface area contributed by atoms with Gasteiger partial charge < -0.3 is 16.2 Å². The van der Waals surface area contributed by atoms with Crippen LogP contribution >= 0.6 is 0 Å². The minimum absolute atomic E-state index is 0.152. The number of rotatable bonds is 5. The molecule has 5 heteroatoms. The predicted octanol–water partition coefficient (Wildman–Crippen LogP) is 0.926. The molecule has 5 nitrogen and oxygen atoms in total. The maximum atomic E-state index is 12.1. The number of hydrogen-bond donors (Lipinski definition) is 3. The van der Waals surface area contributed by atoms with Gasteiger partial charge in [-0.3, -0.25) is 4.79 Å². The largest absolute Gasteiger partial charge is 0.480 e. The number of nitrogens with two attached hydrogens (primary N) is 1. The van der Waals surface area contributed by atoms with Gasteiger partial charge in [0.25, 0.3) is 0 Å². The van der Waals surface area contributed by atoms with Gasteiger partial charge in [0.05, 0.1) is 5.92 Å². The molecule has 20 heavy (non-hydrogen) atoms. The fourth-order valence-electron chi connectivity index (χ4n) is 2.64. The van der Waals surface area contributed by atoms with E-state index in [2.05, 4.69) is 5.32 Å². The third-order valence-electron chi connectivity index (χ3n) is 3.80. The van der Waals surface area contributed by atoms with Crippen LogP contribution in [0.25, 0.3) is 0 Å². The molecule has 3 atom stereocenters. The minimum Gasteiger partial charge on any atom is -0.480 e. The first-order valence-corrected chi connectivity index (χ1v) is 6.90. The van der Waals surface area contributed by atoms with Gasteiger partial charge in [-0.2, -0.15) is 0 Å². The highest BCUT2D eigenvalue weighted by Gasteiger charge is 2.32. The van der Waals surface area contributed by atoms with Crippen LogP contribution in [0.15, 0.2) is 30.3 Å². The van der Waals surface area contributed by atoms with E-state index in [0.717, 1.165) is 24.8 Å². The summed E-state index contributed by atoms with van der Waals surface area (Å²) in [5.41, 5.74) is 6.76. The SMILES string of the molecule is NC1CCCC1C(=O)NC(Cc1ccccc1)C(=O)O. The molecule has 1 aromatic rings. The number of aliphatic carboxylic acids is 1. The van der Waals surface area contributed by atoms with Gasteiger partial charge in [-0.25, -0.2) is 4.79 Å².